The Balaban J connectivity index is 2.08. The number of benzene rings is 1. The number of hydrogen-bond acceptors (Lipinski definition) is 8. The van der Waals surface area contributed by atoms with Gasteiger partial charge in [0.25, 0.3) is 0 Å². The summed E-state index contributed by atoms with van der Waals surface area (Å²) in [6.45, 7) is 4.40. The van der Waals surface area contributed by atoms with E-state index < -0.39 is 11.9 Å². The molecule has 0 saturated carbocycles. The standard InChI is InChI=1S/C19H24ClN3O6/c1-4-29-19(26)23-9-7-22(8-10-23)16-6-5-13(11-14(16)20)21-15(18(25)28-3)12-17(24)27-2/h5-6,11-12,21H,4,7-10H2,1-3H3/b15-12+. The van der Waals surface area contributed by atoms with Crippen molar-refractivity contribution in [3.63, 3.8) is 0 Å². The van der Waals surface area contributed by atoms with Crippen LogP contribution in [0.25, 0.3) is 0 Å². The van der Waals surface area contributed by atoms with Gasteiger partial charge in [0.15, 0.2) is 0 Å². The predicted molar refractivity (Wildman–Crippen MR) is 108 cm³/mol. The highest BCUT2D eigenvalue weighted by Crippen LogP contribution is 2.30. The molecule has 0 aromatic heterocycles. The summed E-state index contributed by atoms with van der Waals surface area (Å²) in [5.74, 6) is -1.41. The number of halogens is 1. The zero-order valence-corrected chi connectivity index (χ0v) is 17.3. The molecule has 1 saturated heterocycles. The lowest BCUT2D eigenvalue weighted by Crippen LogP contribution is -2.49. The van der Waals surface area contributed by atoms with E-state index in [4.69, 9.17) is 16.3 Å². The molecule has 0 bridgehead atoms. The molecule has 0 atom stereocenters. The number of carbonyl (C=O) groups excluding carboxylic acids is 3. The maximum atomic E-state index is 11.9. The highest BCUT2D eigenvalue weighted by molar-refractivity contribution is 6.33. The molecule has 2 rings (SSSR count). The Bertz CT molecular complexity index is 790. The SMILES string of the molecule is CCOC(=O)N1CCN(c2ccc(N/C(=C/C(=O)OC)C(=O)OC)cc2Cl)CC1. The van der Waals surface area contributed by atoms with Crippen LogP contribution in [0.2, 0.25) is 5.02 Å². The molecule has 0 spiro atoms. The summed E-state index contributed by atoms with van der Waals surface area (Å²) in [5, 5.41) is 3.28. The van der Waals surface area contributed by atoms with Gasteiger partial charge in [0.1, 0.15) is 5.70 Å². The van der Waals surface area contributed by atoms with Gasteiger partial charge >= 0.3 is 18.0 Å². The van der Waals surface area contributed by atoms with Crippen LogP contribution in [0, 0.1) is 0 Å². The molecule has 1 aromatic carbocycles. The molecule has 0 unspecified atom stereocenters. The summed E-state index contributed by atoms with van der Waals surface area (Å²) >= 11 is 6.43. The van der Waals surface area contributed by atoms with Gasteiger partial charge in [-0.1, -0.05) is 11.6 Å². The van der Waals surface area contributed by atoms with Crippen molar-refractivity contribution in [2.75, 3.05) is 57.2 Å². The molecule has 29 heavy (non-hydrogen) atoms. The van der Waals surface area contributed by atoms with Gasteiger partial charge in [-0.3, -0.25) is 0 Å². The van der Waals surface area contributed by atoms with E-state index in [1.54, 1.807) is 30.0 Å². The molecule has 1 amide bonds. The molecule has 1 heterocycles. The fraction of sp³-hybridized carbons (Fsp3) is 0.421. The van der Waals surface area contributed by atoms with Crippen LogP contribution >= 0.6 is 11.6 Å². The second-order valence-electron chi connectivity index (χ2n) is 6.04. The van der Waals surface area contributed by atoms with Gasteiger partial charge in [0.05, 0.1) is 37.6 Å². The first-order valence-corrected chi connectivity index (χ1v) is 9.38. The average molecular weight is 426 g/mol. The number of methoxy groups -OCH3 is 2. The summed E-state index contributed by atoms with van der Waals surface area (Å²) < 4.78 is 14.2. The Morgan fingerprint density at radius 1 is 1.14 bits per heavy atom. The van der Waals surface area contributed by atoms with E-state index in [9.17, 15) is 14.4 Å². The second-order valence-corrected chi connectivity index (χ2v) is 6.44. The molecule has 1 aliphatic rings. The number of carbonyl (C=O) groups is 3. The van der Waals surface area contributed by atoms with E-state index in [1.165, 1.54) is 14.2 Å². The second kappa shape index (κ2) is 10.6. The van der Waals surface area contributed by atoms with Gasteiger partial charge in [-0.25, -0.2) is 14.4 Å². The number of piperazine rings is 1. The summed E-state index contributed by atoms with van der Waals surface area (Å²) in [5.41, 5.74) is 1.23. The Labute approximate surface area is 174 Å². The van der Waals surface area contributed by atoms with Gasteiger partial charge in [0.2, 0.25) is 0 Å². The molecule has 1 fully saturated rings. The van der Waals surface area contributed by atoms with Crippen molar-refractivity contribution in [2.45, 2.75) is 6.92 Å². The zero-order valence-electron chi connectivity index (χ0n) is 16.6. The maximum Gasteiger partial charge on any atom is 0.409 e. The summed E-state index contributed by atoms with van der Waals surface area (Å²) in [4.78, 5) is 38.8. The first kappa shape index (κ1) is 22.4. The molecule has 9 nitrogen and oxygen atoms in total. The maximum absolute atomic E-state index is 11.9. The third-order valence-corrected chi connectivity index (χ3v) is 4.54. The summed E-state index contributed by atoms with van der Waals surface area (Å²) in [6, 6.07) is 5.17. The molecular weight excluding hydrogens is 402 g/mol. The molecule has 0 radical (unpaired) electrons. The highest BCUT2D eigenvalue weighted by Gasteiger charge is 2.23. The van der Waals surface area contributed by atoms with E-state index in [1.807, 2.05) is 0 Å². The minimum Gasteiger partial charge on any atom is -0.466 e. The average Bonchev–Trinajstić information content (AvgIpc) is 2.73. The number of ether oxygens (including phenoxy) is 3. The molecule has 10 heteroatoms. The lowest BCUT2D eigenvalue weighted by molar-refractivity contribution is -0.138. The molecular formula is C19H24ClN3O6. The third-order valence-electron chi connectivity index (χ3n) is 4.24. The third kappa shape index (κ3) is 6.02. The van der Waals surface area contributed by atoms with E-state index in [-0.39, 0.29) is 11.8 Å². The van der Waals surface area contributed by atoms with Crippen LogP contribution in [0.5, 0.6) is 0 Å². The minimum atomic E-state index is -0.717. The van der Waals surface area contributed by atoms with Gasteiger partial charge in [0, 0.05) is 31.9 Å². The summed E-state index contributed by atoms with van der Waals surface area (Å²) in [6.07, 6.45) is 0.688. The van der Waals surface area contributed by atoms with E-state index in [2.05, 4.69) is 19.7 Å². The van der Waals surface area contributed by atoms with Gasteiger partial charge in [-0.05, 0) is 25.1 Å². The number of nitrogens with zero attached hydrogens (tertiary/aromatic N) is 2. The fourth-order valence-corrected chi connectivity index (χ4v) is 3.07. The van der Waals surface area contributed by atoms with Gasteiger partial charge in [-0.15, -0.1) is 0 Å². The molecule has 158 valence electrons. The van der Waals surface area contributed by atoms with Crippen molar-refractivity contribution in [1.29, 1.82) is 0 Å². The van der Waals surface area contributed by atoms with Crippen molar-refractivity contribution in [1.82, 2.24) is 4.90 Å². The first-order chi connectivity index (χ1) is 13.9. The molecule has 1 N–H and O–H groups in total. The van der Waals surface area contributed by atoms with Crippen molar-refractivity contribution in [3.05, 3.63) is 35.0 Å². The molecule has 1 aromatic rings. The number of amides is 1. The number of anilines is 2. The highest BCUT2D eigenvalue weighted by atomic mass is 35.5. The molecule has 1 aliphatic heterocycles. The van der Waals surface area contributed by atoms with Crippen LogP contribution < -0.4 is 10.2 Å². The van der Waals surface area contributed by atoms with Gasteiger partial charge in [-0.2, -0.15) is 0 Å². The van der Waals surface area contributed by atoms with E-state index in [0.717, 1.165) is 11.8 Å². The van der Waals surface area contributed by atoms with Crippen LogP contribution in [0.4, 0.5) is 16.2 Å². The Hall–Kier alpha value is -2.94. The molecule has 0 aliphatic carbocycles. The fourth-order valence-electron chi connectivity index (χ4n) is 2.77. The van der Waals surface area contributed by atoms with Crippen LogP contribution in [-0.2, 0) is 23.8 Å². The number of esters is 2. The Morgan fingerprint density at radius 3 is 2.38 bits per heavy atom. The quantitative estimate of drug-likeness (QED) is 0.421. The zero-order chi connectivity index (χ0) is 21.4. The Morgan fingerprint density at radius 2 is 1.83 bits per heavy atom. The topological polar surface area (TPSA) is 97.4 Å². The van der Waals surface area contributed by atoms with Crippen LogP contribution in [0.1, 0.15) is 6.92 Å². The van der Waals surface area contributed by atoms with Crippen LogP contribution in [-0.4, -0.2) is 69.9 Å². The number of hydrogen-bond donors (Lipinski definition) is 1. The van der Waals surface area contributed by atoms with E-state index >= 15 is 0 Å². The van der Waals surface area contributed by atoms with Crippen LogP contribution in [0.3, 0.4) is 0 Å². The van der Waals surface area contributed by atoms with Crippen LogP contribution in [0.15, 0.2) is 30.0 Å². The van der Waals surface area contributed by atoms with Crippen molar-refractivity contribution in [2.24, 2.45) is 0 Å². The van der Waals surface area contributed by atoms with Gasteiger partial charge < -0.3 is 29.3 Å². The largest absolute Gasteiger partial charge is 0.466 e. The minimum absolute atomic E-state index is 0.0776. The lowest BCUT2D eigenvalue weighted by atomic mass is 10.2. The lowest BCUT2D eigenvalue weighted by Gasteiger charge is -2.35. The smallest absolute Gasteiger partial charge is 0.409 e. The first-order valence-electron chi connectivity index (χ1n) is 9.00. The van der Waals surface area contributed by atoms with Crippen molar-refractivity contribution >= 4 is 41.0 Å². The predicted octanol–water partition coefficient (Wildman–Crippen LogP) is 2.26. The van der Waals surface area contributed by atoms with Crippen molar-refractivity contribution in [3.8, 4) is 0 Å². The normalized spacial score (nSPS) is 14.3. The number of nitrogens with one attached hydrogen (secondary N) is 1. The monoisotopic (exact) mass is 425 g/mol. The van der Waals surface area contributed by atoms with Crippen molar-refractivity contribution < 1.29 is 28.6 Å². The Kier molecular flexibility index (Phi) is 8.14. The van der Waals surface area contributed by atoms with E-state index in [0.29, 0.717) is 43.5 Å². The summed E-state index contributed by atoms with van der Waals surface area (Å²) in [7, 11) is 2.42. The number of rotatable bonds is 6.